The lowest BCUT2D eigenvalue weighted by molar-refractivity contribution is 0.275. The van der Waals surface area contributed by atoms with Gasteiger partial charge in [0.1, 0.15) is 0 Å². The molecule has 0 saturated carbocycles. The molecule has 0 amide bonds. The van der Waals surface area contributed by atoms with Gasteiger partial charge in [0.25, 0.3) is 0 Å². The van der Waals surface area contributed by atoms with Crippen molar-refractivity contribution in [3.8, 4) is 0 Å². The van der Waals surface area contributed by atoms with Gasteiger partial charge < -0.3 is 19.1 Å². The first kappa shape index (κ1) is 11.6. The maximum absolute atomic E-state index is 8.88. The van der Waals surface area contributed by atoms with Gasteiger partial charge in [0, 0.05) is 0 Å². The van der Waals surface area contributed by atoms with Gasteiger partial charge in [-0.3, -0.25) is 0 Å². The lowest BCUT2D eigenvalue weighted by Gasteiger charge is -1.82. The summed E-state index contributed by atoms with van der Waals surface area (Å²) in [7, 11) is -4.64. The standard InChI is InChI=1S/C3H4N2OS.H3O4P/c7-1-3-5-4-2-6-3;1-5(2,3)4/h2,7H,1H2;(H3,1,2,3,4). The molecule has 0 saturated heterocycles. The Hall–Kier alpha value is -0.400. The number of phosphoric acid groups is 1. The lowest BCUT2D eigenvalue weighted by atomic mass is 10.8. The SMILES string of the molecule is O=P(O)(O)O.SCc1nnco1. The number of thiol groups is 1. The summed E-state index contributed by atoms with van der Waals surface area (Å²) in [4.78, 5) is 21.6. The Kier molecular flexibility index (Phi) is 5.11. The van der Waals surface area contributed by atoms with E-state index >= 15 is 0 Å². The largest absolute Gasteiger partial charge is 0.466 e. The van der Waals surface area contributed by atoms with Crippen LogP contribution in [-0.4, -0.2) is 24.9 Å². The van der Waals surface area contributed by atoms with Crippen LogP contribution >= 0.6 is 20.5 Å². The van der Waals surface area contributed by atoms with Crippen LogP contribution in [-0.2, 0) is 10.3 Å². The van der Waals surface area contributed by atoms with Gasteiger partial charge in [-0.25, -0.2) is 4.57 Å². The molecule has 0 aromatic carbocycles. The molecule has 9 heteroatoms. The van der Waals surface area contributed by atoms with Gasteiger partial charge in [-0.05, 0) is 0 Å². The smallest absolute Gasteiger partial charge is 0.427 e. The summed E-state index contributed by atoms with van der Waals surface area (Å²) in [6.45, 7) is 0. The van der Waals surface area contributed by atoms with E-state index in [4.69, 9.17) is 19.2 Å². The van der Waals surface area contributed by atoms with E-state index in [0.29, 0.717) is 11.6 Å². The molecule has 1 rings (SSSR count). The molecule has 0 aliphatic carbocycles. The summed E-state index contributed by atoms with van der Waals surface area (Å²) in [5.41, 5.74) is 0. The molecular formula is C3H7N2O5PS. The fraction of sp³-hybridized carbons (Fsp3) is 0.333. The van der Waals surface area contributed by atoms with Crippen molar-refractivity contribution in [2.45, 2.75) is 5.75 Å². The topological polar surface area (TPSA) is 117 Å². The van der Waals surface area contributed by atoms with Crippen molar-refractivity contribution < 1.29 is 23.7 Å². The van der Waals surface area contributed by atoms with Crippen molar-refractivity contribution in [3.63, 3.8) is 0 Å². The highest BCUT2D eigenvalue weighted by atomic mass is 32.1. The highest BCUT2D eigenvalue weighted by molar-refractivity contribution is 7.79. The first-order valence-corrected chi connectivity index (χ1v) is 4.77. The van der Waals surface area contributed by atoms with Crippen LogP contribution in [0.2, 0.25) is 0 Å². The Balaban J connectivity index is 0.000000217. The van der Waals surface area contributed by atoms with Crippen LogP contribution < -0.4 is 0 Å². The maximum Gasteiger partial charge on any atom is 0.466 e. The number of hydrogen-bond donors (Lipinski definition) is 4. The second-order valence-electron chi connectivity index (χ2n) is 1.50. The number of aromatic nitrogens is 2. The summed E-state index contributed by atoms with van der Waals surface area (Å²) in [5, 5.41) is 6.97. The fourth-order valence-corrected chi connectivity index (χ4v) is 0.403. The lowest BCUT2D eigenvalue weighted by Crippen LogP contribution is -1.73. The minimum Gasteiger partial charge on any atom is -0.427 e. The van der Waals surface area contributed by atoms with Gasteiger partial charge >= 0.3 is 7.82 Å². The minimum absolute atomic E-state index is 0.514. The number of rotatable bonds is 1. The van der Waals surface area contributed by atoms with Crippen LogP contribution in [0, 0.1) is 0 Å². The third-order valence-corrected chi connectivity index (χ3v) is 0.811. The summed E-state index contributed by atoms with van der Waals surface area (Å²) in [6, 6.07) is 0. The second-order valence-corrected chi connectivity index (χ2v) is 2.85. The Labute approximate surface area is 73.1 Å². The average molecular weight is 214 g/mol. The molecule has 0 radical (unpaired) electrons. The van der Waals surface area contributed by atoms with E-state index in [2.05, 4.69) is 27.2 Å². The van der Waals surface area contributed by atoms with E-state index in [1.807, 2.05) is 0 Å². The molecule has 3 N–H and O–H groups in total. The van der Waals surface area contributed by atoms with Crippen LogP contribution in [0.5, 0.6) is 0 Å². The van der Waals surface area contributed by atoms with Crippen LogP contribution in [0.4, 0.5) is 0 Å². The van der Waals surface area contributed by atoms with Gasteiger partial charge in [-0.2, -0.15) is 12.6 Å². The monoisotopic (exact) mass is 214 g/mol. The Bertz CT molecular complexity index is 237. The van der Waals surface area contributed by atoms with Crippen molar-refractivity contribution in [2.24, 2.45) is 0 Å². The molecule has 1 aromatic rings. The Morgan fingerprint density at radius 2 is 2.08 bits per heavy atom. The summed E-state index contributed by atoms with van der Waals surface area (Å²) in [6.07, 6.45) is 1.28. The quantitative estimate of drug-likeness (QED) is 0.370. The van der Waals surface area contributed by atoms with Crippen LogP contribution in [0.15, 0.2) is 10.8 Å². The van der Waals surface area contributed by atoms with Crippen molar-refractivity contribution in [3.05, 3.63) is 12.3 Å². The molecule has 0 unspecified atom stereocenters. The van der Waals surface area contributed by atoms with E-state index in [1.54, 1.807) is 0 Å². The molecule has 0 aliphatic heterocycles. The third-order valence-electron chi connectivity index (χ3n) is 0.540. The fourth-order valence-electron chi connectivity index (χ4n) is 0.265. The van der Waals surface area contributed by atoms with Crippen LogP contribution in [0.3, 0.4) is 0 Å². The summed E-state index contributed by atoms with van der Waals surface area (Å²) < 4.78 is 13.6. The molecule has 12 heavy (non-hydrogen) atoms. The van der Waals surface area contributed by atoms with E-state index in [0.717, 1.165) is 0 Å². The molecule has 0 atom stereocenters. The average Bonchev–Trinajstić information content (AvgIpc) is 2.33. The van der Waals surface area contributed by atoms with Gasteiger partial charge in [0.05, 0.1) is 5.75 Å². The van der Waals surface area contributed by atoms with E-state index in [1.165, 1.54) is 6.39 Å². The normalized spacial score (nSPS) is 10.3. The zero-order valence-corrected chi connectivity index (χ0v) is 7.52. The Morgan fingerprint density at radius 3 is 2.25 bits per heavy atom. The van der Waals surface area contributed by atoms with Crippen LogP contribution in [0.1, 0.15) is 5.89 Å². The zero-order chi connectivity index (χ0) is 9.61. The van der Waals surface area contributed by atoms with E-state index in [9.17, 15) is 0 Å². The molecule has 70 valence electrons. The summed E-state index contributed by atoms with van der Waals surface area (Å²) >= 11 is 3.88. The molecule has 0 fully saturated rings. The molecule has 0 bridgehead atoms. The molecule has 0 spiro atoms. The first-order valence-electron chi connectivity index (χ1n) is 2.57. The predicted molar refractivity (Wildman–Crippen MR) is 41.3 cm³/mol. The molecule has 1 aromatic heterocycles. The Morgan fingerprint density at radius 1 is 1.58 bits per heavy atom. The highest BCUT2D eigenvalue weighted by Crippen LogP contribution is 2.25. The summed E-state index contributed by atoms with van der Waals surface area (Å²) in [5.74, 6) is 1.07. The van der Waals surface area contributed by atoms with Crippen molar-refractivity contribution >= 4 is 20.5 Å². The van der Waals surface area contributed by atoms with Crippen molar-refractivity contribution in [1.29, 1.82) is 0 Å². The van der Waals surface area contributed by atoms with Crippen molar-refractivity contribution in [2.75, 3.05) is 0 Å². The van der Waals surface area contributed by atoms with Gasteiger partial charge in [0.15, 0.2) is 0 Å². The van der Waals surface area contributed by atoms with Gasteiger partial charge in [-0.15, -0.1) is 10.2 Å². The molecule has 1 heterocycles. The first-order chi connectivity index (χ1) is 5.43. The van der Waals surface area contributed by atoms with E-state index in [-0.39, 0.29) is 0 Å². The zero-order valence-electron chi connectivity index (χ0n) is 5.73. The molecule has 7 nitrogen and oxygen atoms in total. The number of nitrogens with zero attached hydrogens (tertiary/aromatic N) is 2. The molecule has 0 aliphatic rings. The maximum atomic E-state index is 8.88. The number of hydrogen-bond acceptors (Lipinski definition) is 5. The van der Waals surface area contributed by atoms with Crippen molar-refractivity contribution in [1.82, 2.24) is 10.2 Å². The van der Waals surface area contributed by atoms with Gasteiger partial charge in [-0.1, -0.05) is 0 Å². The predicted octanol–water partition coefficient (Wildman–Crippen LogP) is -0.429. The minimum atomic E-state index is -4.64. The van der Waals surface area contributed by atoms with Crippen LogP contribution in [0.25, 0.3) is 0 Å². The third kappa shape index (κ3) is 9.60. The highest BCUT2D eigenvalue weighted by Gasteiger charge is 2.00. The van der Waals surface area contributed by atoms with E-state index < -0.39 is 7.82 Å². The van der Waals surface area contributed by atoms with Gasteiger partial charge in [0.2, 0.25) is 12.3 Å². The molecular weight excluding hydrogens is 207 g/mol. The second kappa shape index (κ2) is 5.28.